The minimum Gasteiger partial charge on any atom is -0.381 e. The van der Waals surface area contributed by atoms with E-state index in [1.165, 1.54) is 0 Å². The van der Waals surface area contributed by atoms with Gasteiger partial charge in [-0.25, -0.2) is 17.2 Å². The number of carbonyl (C=O) groups excluding carboxylic acids is 1. The van der Waals surface area contributed by atoms with Gasteiger partial charge in [0.25, 0.3) is 0 Å². The van der Waals surface area contributed by atoms with Crippen LogP contribution in [0.3, 0.4) is 0 Å². The Balaban J connectivity index is 1.99. The molecule has 0 unspecified atom stereocenters. The van der Waals surface area contributed by atoms with Gasteiger partial charge in [-0.3, -0.25) is 9.78 Å². The molecule has 0 radical (unpaired) electrons. The van der Waals surface area contributed by atoms with E-state index in [0.29, 0.717) is 18.9 Å². The summed E-state index contributed by atoms with van der Waals surface area (Å²) < 4.78 is 99.3. The number of rotatable bonds is 9. The van der Waals surface area contributed by atoms with Gasteiger partial charge in [0.2, 0.25) is 0 Å². The van der Waals surface area contributed by atoms with E-state index in [0.717, 1.165) is 30.3 Å². The first-order valence-electron chi connectivity index (χ1n) is 11.9. The summed E-state index contributed by atoms with van der Waals surface area (Å²) in [6.45, 7) is 6.85. The molecule has 0 aliphatic heterocycles. The lowest BCUT2D eigenvalue weighted by atomic mass is 9.77. The minimum atomic E-state index is -4.76. The van der Waals surface area contributed by atoms with Crippen LogP contribution in [0, 0.1) is 17.6 Å². The van der Waals surface area contributed by atoms with Gasteiger partial charge in [-0.05, 0) is 61.2 Å². The molecule has 1 aliphatic carbocycles. The van der Waals surface area contributed by atoms with Gasteiger partial charge >= 0.3 is 6.18 Å². The first kappa shape index (κ1) is 29.4. The third kappa shape index (κ3) is 7.02. The molecule has 1 aromatic heterocycles. The average molecular weight is 564 g/mol. The number of sulfone groups is 1. The molecule has 1 saturated carbocycles. The van der Waals surface area contributed by atoms with Crippen molar-refractivity contribution in [1.82, 2.24) is 4.98 Å². The fourth-order valence-electron chi connectivity index (χ4n) is 4.46. The Kier molecular flexibility index (Phi) is 8.65. The van der Waals surface area contributed by atoms with E-state index in [9.17, 15) is 35.2 Å². The SMILES string of the molecule is C[Si](C)(C)CCOC[C@H]1C[C@@](Cc2cc(F)ccc2F)(S(=O)(=O)c2ccc(C(F)(F)F)nc2)CCC1=O. The number of carbonyl (C=O) groups is 1. The van der Waals surface area contributed by atoms with E-state index in [2.05, 4.69) is 24.6 Å². The highest BCUT2D eigenvalue weighted by Crippen LogP contribution is 2.43. The number of Topliss-reactive ketones (excluding diaryl/α,β-unsaturated/α-hetero) is 1. The number of aromatic nitrogens is 1. The Morgan fingerprint density at radius 2 is 1.84 bits per heavy atom. The maximum atomic E-state index is 14.6. The molecule has 2 aromatic rings. The Bertz CT molecular complexity index is 1230. The monoisotopic (exact) mass is 563 g/mol. The Morgan fingerprint density at radius 1 is 1.14 bits per heavy atom. The topological polar surface area (TPSA) is 73.3 Å². The number of ether oxygens (including phenoxy) is 1. The van der Waals surface area contributed by atoms with Crippen LogP contribution in [0.2, 0.25) is 25.7 Å². The minimum absolute atomic E-state index is 0.0303. The third-order valence-corrected chi connectivity index (χ3v) is 10.9. The molecule has 0 spiro atoms. The molecule has 0 bridgehead atoms. The van der Waals surface area contributed by atoms with Crippen LogP contribution >= 0.6 is 0 Å². The number of pyridine rings is 1. The van der Waals surface area contributed by atoms with Gasteiger partial charge in [0.1, 0.15) is 23.1 Å². The van der Waals surface area contributed by atoms with Gasteiger partial charge in [-0.2, -0.15) is 13.2 Å². The van der Waals surface area contributed by atoms with Crippen LogP contribution in [-0.4, -0.2) is 45.2 Å². The molecule has 0 saturated heterocycles. The second-order valence-corrected chi connectivity index (χ2v) is 18.7. The molecule has 1 aliphatic rings. The predicted octanol–water partition coefficient (Wildman–Crippen LogP) is 5.86. The highest BCUT2D eigenvalue weighted by Gasteiger charge is 2.51. The second-order valence-electron chi connectivity index (χ2n) is 10.7. The lowest BCUT2D eigenvalue weighted by Crippen LogP contribution is -2.49. The number of hydrogen-bond acceptors (Lipinski definition) is 5. The fraction of sp³-hybridized carbons (Fsp3) is 0.520. The van der Waals surface area contributed by atoms with E-state index in [1.807, 2.05) is 0 Å². The largest absolute Gasteiger partial charge is 0.433 e. The van der Waals surface area contributed by atoms with E-state index in [1.54, 1.807) is 0 Å². The number of benzene rings is 1. The van der Waals surface area contributed by atoms with Gasteiger partial charge < -0.3 is 4.74 Å². The Hall–Kier alpha value is -2.18. The van der Waals surface area contributed by atoms with Gasteiger partial charge in [-0.15, -0.1) is 0 Å². The molecule has 0 amide bonds. The third-order valence-electron chi connectivity index (χ3n) is 6.64. The number of hydrogen-bond donors (Lipinski definition) is 0. The normalized spacial score (nSPS) is 21.3. The van der Waals surface area contributed by atoms with Crippen molar-refractivity contribution in [2.75, 3.05) is 13.2 Å². The molecule has 1 heterocycles. The molecular formula is C25H30F5NO4SSi. The molecule has 12 heteroatoms. The van der Waals surface area contributed by atoms with E-state index < -0.39 is 63.4 Å². The van der Waals surface area contributed by atoms with Crippen LogP contribution in [-0.2, 0) is 32.0 Å². The lowest BCUT2D eigenvalue weighted by Gasteiger charge is -2.40. The maximum absolute atomic E-state index is 14.6. The van der Waals surface area contributed by atoms with Crippen LogP contribution in [0.15, 0.2) is 41.4 Å². The first-order chi connectivity index (χ1) is 17.0. The summed E-state index contributed by atoms with van der Waals surface area (Å²) in [7, 11) is -5.86. The molecule has 0 N–H and O–H groups in total. The standard InChI is InChI=1S/C25H30F5NO4SSi/c1-37(2,3)11-10-35-16-18-14-24(9-8-22(18)32,13-17-12-19(26)4-6-21(17)27)36(33,34)20-5-7-23(31-15-20)25(28,29)30/h4-7,12,15,18H,8-11,13-14,16H2,1-3H3/t18-,24-/m1/s1. The number of ketones is 1. The van der Waals surface area contributed by atoms with Gasteiger partial charge in [0.05, 0.1) is 16.2 Å². The summed E-state index contributed by atoms with van der Waals surface area (Å²) in [5.74, 6) is -2.60. The van der Waals surface area contributed by atoms with Gasteiger partial charge in [-0.1, -0.05) is 19.6 Å². The Morgan fingerprint density at radius 3 is 2.43 bits per heavy atom. The maximum Gasteiger partial charge on any atom is 0.433 e. The van der Waals surface area contributed by atoms with Gasteiger partial charge in [0.15, 0.2) is 9.84 Å². The Labute approximate surface area is 214 Å². The van der Waals surface area contributed by atoms with Crippen molar-refractivity contribution in [2.24, 2.45) is 5.92 Å². The summed E-state index contributed by atoms with van der Waals surface area (Å²) in [5, 5.41) is 0. The first-order valence-corrected chi connectivity index (χ1v) is 17.1. The van der Waals surface area contributed by atoms with Crippen molar-refractivity contribution in [3.05, 3.63) is 59.4 Å². The quantitative estimate of drug-likeness (QED) is 0.217. The summed E-state index contributed by atoms with van der Waals surface area (Å²) in [4.78, 5) is 15.5. The average Bonchev–Trinajstić information content (AvgIpc) is 2.80. The van der Waals surface area contributed by atoms with Crippen molar-refractivity contribution >= 4 is 23.7 Å². The zero-order valence-electron chi connectivity index (χ0n) is 20.9. The zero-order valence-corrected chi connectivity index (χ0v) is 22.7. The highest BCUT2D eigenvalue weighted by atomic mass is 32.2. The van der Waals surface area contributed by atoms with Gasteiger partial charge in [0, 0.05) is 33.2 Å². The molecule has 1 fully saturated rings. The zero-order chi connectivity index (χ0) is 27.6. The molecule has 204 valence electrons. The summed E-state index contributed by atoms with van der Waals surface area (Å²) in [5.41, 5.74) is -1.46. The molecule has 5 nitrogen and oxygen atoms in total. The fourth-order valence-corrected chi connectivity index (χ4v) is 7.29. The lowest BCUT2D eigenvalue weighted by molar-refractivity contribution is -0.141. The highest BCUT2D eigenvalue weighted by molar-refractivity contribution is 7.92. The summed E-state index contributed by atoms with van der Waals surface area (Å²) >= 11 is 0. The van der Waals surface area contributed by atoms with E-state index in [4.69, 9.17) is 4.74 Å². The number of halogens is 5. The molecule has 2 atom stereocenters. The van der Waals surface area contributed by atoms with Crippen molar-refractivity contribution < 1.29 is 39.9 Å². The molecular weight excluding hydrogens is 533 g/mol. The van der Waals surface area contributed by atoms with Crippen molar-refractivity contribution in [1.29, 1.82) is 0 Å². The van der Waals surface area contributed by atoms with Crippen molar-refractivity contribution in [3.63, 3.8) is 0 Å². The van der Waals surface area contributed by atoms with Crippen LogP contribution in [0.4, 0.5) is 22.0 Å². The van der Waals surface area contributed by atoms with E-state index >= 15 is 0 Å². The van der Waals surface area contributed by atoms with Crippen LogP contribution in [0.1, 0.15) is 30.5 Å². The predicted molar refractivity (Wildman–Crippen MR) is 131 cm³/mol. The van der Waals surface area contributed by atoms with Crippen LogP contribution in [0.5, 0.6) is 0 Å². The van der Waals surface area contributed by atoms with Crippen LogP contribution in [0.25, 0.3) is 0 Å². The van der Waals surface area contributed by atoms with Crippen molar-refractivity contribution in [2.45, 2.75) is 67.2 Å². The summed E-state index contributed by atoms with van der Waals surface area (Å²) in [6.07, 6.45) is -5.18. The summed E-state index contributed by atoms with van der Waals surface area (Å²) in [6, 6.07) is 4.89. The number of nitrogens with zero attached hydrogens (tertiary/aromatic N) is 1. The molecule has 1 aromatic carbocycles. The van der Waals surface area contributed by atoms with E-state index in [-0.39, 0.29) is 37.2 Å². The van der Waals surface area contributed by atoms with Crippen molar-refractivity contribution in [3.8, 4) is 0 Å². The molecule has 3 rings (SSSR count). The number of alkyl halides is 3. The molecule has 37 heavy (non-hydrogen) atoms. The second kappa shape index (κ2) is 10.9. The van der Waals surface area contributed by atoms with Crippen LogP contribution < -0.4 is 0 Å². The smallest absolute Gasteiger partial charge is 0.381 e.